The Morgan fingerprint density at radius 2 is 2.36 bits per heavy atom. The predicted molar refractivity (Wildman–Crippen MR) is 87.3 cm³/mol. The summed E-state index contributed by atoms with van der Waals surface area (Å²) in [5, 5.41) is 6.01. The zero-order valence-electron chi connectivity index (χ0n) is 13.3. The summed E-state index contributed by atoms with van der Waals surface area (Å²) in [6.07, 6.45) is 4.46. The van der Waals surface area contributed by atoms with Crippen LogP contribution in [0.2, 0.25) is 0 Å². The molecule has 5 heteroatoms. The summed E-state index contributed by atoms with van der Waals surface area (Å²) < 4.78 is 11.1. The summed E-state index contributed by atoms with van der Waals surface area (Å²) in [4.78, 5) is 11.8. The average molecular weight is 306 g/mol. The smallest absolute Gasteiger partial charge is 0.239 e. The van der Waals surface area contributed by atoms with Crippen molar-refractivity contribution in [3.05, 3.63) is 24.3 Å². The minimum Gasteiger partial charge on any atom is -0.494 e. The molecule has 1 aliphatic heterocycles. The van der Waals surface area contributed by atoms with Gasteiger partial charge in [-0.2, -0.15) is 0 Å². The number of nitrogens with one attached hydrogen (secondary N) is 2. The van der Waals surface area contributed by atoms with Crippen LogP contribution >= 0.6 is 0 Å². The zero-order valence-corrected chi connectivity index (χ0v) is 13.3. The highest BCUT2D eigenvalue weighted by molar-refractivity contribution is 5.80. The Labute approximate surface area is 132 Å². The van der Waals surface area contributed by atoms with Crippen molar-refractivity contribution in [1.29, 1.82) is 0 Å². The van der Waals surface area contributed by atoms with Crippen LogP contribution in [-0.2, 0) is 9.53 Å². The van der Waals surface area contributed by atoms with Crippen molar-refractivity contribution in [2.24, 2.45) is 0 Å². The van der Waals surface area contributed by atoms with E-state index < -0.39 is 0 Å². The second-order valence-corrected chi connectivity index (χ2v) is 5.52. The van der Waals surface area contributed by atoms with E-state index in [1.54, 1.807) is 0 Å². The minimum absolute atomic E-state index is 0.0206. The van der Waals surface area contributed by atoms with Crippen LogP contribution in [0.25, 0.3) is 0 Å². The molecule has 1 aromatic rings. The SMILES string of the molecule is CCCCOc1cccc(NCC(=O)NCC2CCCO2)c1. The van der Waals surface area contributed by atoms with Gasteiger partial charge in [0.15, 0.2) is 0 Å². The standard InChI is InChI=1S/C17H26N2O3/c1-2-3-9-21-15-7-4-6-14(11-15)18-13-17(20)19-12-16-8-5-10-22-16/h4,6-7,11,16,18H,2-3,5,8-10,12-13H2,1H3,(H,19,20). The molecule has 0 spiro atoms. The van der Waals surface area contributed by atoms with Gasteiger partial charge in [-0.25, -0.2) is 0 Å². The van der Waals surface area contributed by atoms with Crippen LogP contribution in [0.4, 0.5) is 5.69 Å². The van der Waals surface area contributed by atoms with Crippen LogP contribution in [0.5, 0.6) is 5.75 Å². The van der Waals surface area contributed by atoms with Gasteiger partial charge in [0.2, 0.25) is 5.91 Å². The highest BCUT2D eigenvalue weighted by Gasteiger charge is 2.15. The number of unbranched alkanes of at least 4 members (excludes halogenated alkanes) is 1. The summed E-state index contributed by atoms with van der Waals surface area (Å²) >= 11 is 0. The Hall–Kier alpha value is -1.75. The van der Waals surface area contributed by atoms with Crippen LogP contribution in [0.1, 0.15) is 32.6 Å². The third-order valence-electron chi connectivity index (χ3n) is 3.60. The molecule has 0 radical (unpaired) electrons. The number of amides is 1. The molecular weight excluding hydrogens is 280 g/mol. The lowest BCUT2D eigenvalue weighted by molar-refractivity contribution is -0.119. The molecule has 0 saturated carbocycles. The van der Waals surface area contributed by atoms with Gasteiger partial charge in [-0.05, 0) is 31.4 Å². The summed E-state index contributed by atoms with van der Waals surface area (Å²) in [6.45, 7) is 4.52. The maximum absolute atomic E-state index is 11.8. The van der Waals surface area contributed by atoms with Gasteiger partial charge in [0.05, 0.1) is 19.3 Å². The number of benzene rings is 1. The maximum Gasteiger partial charge on any atom is 0.239 e. The zero-order chi connectivity index (χ0) is 15.6. The van der Waals surface area contributed by atoms with Gasteiger partial charge in [-0.3, -0.25) is 4.79 Å². The molecule has 122 valence electrons. The first-order valence-electron chi connectivity index (χ1n) is 8.13. The Morgan fingerprint density at radius 1 is 1.45 bits per heavy atom. The quantitative estimate of drug-likeness (QED) is 0.688. The summed E-state index contributed by atoms with van der Waals surface area (Å²) in [5.41, 5.74) is 0.890. The third-order valence-corrected chi connectivity index (χ3v) is 3.60. The van der Waals surface area contributed by atoms with Crippen molar-refractivity contribution in [2.45, 2.75) is 38.7 Å². The second kappa shape index (κ2) is 9.30. The highest BCUT2D eigenvalue weighted by atomic mass is 16.5. The van der Waals surface area contributed by atoms with Crippen molar-refractivity contribution in [3.63, 3.8) is 0 Å². The number of anilines is 1. The van der Waals surface area contributed by atoms with E-state index in [0.29, 0.717) is 6.54 Å². The van der Waals surface area contributed by atoms with Crippen LogP contribution < -0.4 is 15.4 Å². The first-order chi connectivity index (χ1) is 10.8. The van der Waals surface area contributed by atoms with Gasteiger partial charge >= 0.3 is 0 Å². The first-order valence-corrected chi connectivity index (χ1v) is 8.13. The van der Waals surface area contributed by atoms with E-state index >= 15 is 0 Å². The molecule has 2 N–H and O–H groups in total. The van der Waals surface area contributed by atoms with Crippen LogP contribution in [0, 0.1) is 0 Å². The number of hydrogen-bond donors (Lipinski definition) is 2. The summed E-state index contributed by atoms with van der Waals surface area (Å²) in [6, 6.07) is 7.70. The van der Waals surface area contributed by atoms with Gasteiger partial charge in [0.1, 0.15) is 5.75 Å². The lowest BCUT2D eigenvalue weighted by Gasteiger charge is -2.12. The average Bonchev–Trinajstić information content (AvgIpc) is 3.05. The van der Waals surface area contributed by atoms with E-state index in [0.717, 1.165) is 50.3 Å². The van der Waals surface area contributed by atoms with Crippen molar-refractivity contribution in [1.82, 2.24) is 5.32 Å². The number of carbonyl (C=O) groups excluding carboxylic acids is 1. The number of hydrogen-bond acceptors (Lipinski definition) is 4. The molecule has 1 atom stereocenters. The number of ether oxygens (including phenoxy) is 2. The molecule has 5 nitrogen and oxygen atoms in total. The maximum atomic E-state index is 11.8. The fourth-order valence-electron chi connectivity index (χ4n) is 2.31. The van der Waals surface area contributed by atoms with Gasteiger partial charge in [0, 0.05) is 24.9 Å². The van der Waals surface area contributed by atoms with Crippen molar-refractivity contribution < 1.29 is 14.3 Å². The molecule has 0 bridgehead atoms. The van der Waals surface area contributed by atoms with Gasteiger partial charge < -0.3 is 20.1 Å². The molecular formula is C17H26N2O3. The van der Waals surface area contributed by atoms with Gasteiger partial charge in [-0.15, -0.1) is 0 Å². The van der Waals surface area contributed by atoms with E-state index in [2.05, 4.69) is 17.6 Å². The molecule has 22 heavy (non-hydrogen) atoms. The van der Waals surface area contributed by atoms with Gasteiger partial charge in [-0.1, -0.05) is 19.4 Å². The van der Waals surface area contributed by atoms with Crippen molar-refractivity contribution >= 4 is 11.6 Å². The van der Waals surface area contributed by atoms with Crippen LogP contribution in [0.3, 0.4) is 0 Å². The Bertz CT molecular complexity index is 459. The third kappa shape index (κ3) is 5.93. The Morgan fingerprint density at radius 3 is 3.14 bits per heavy atom. The number of rotatable bonds is 9. The molecule has 1 fully saturated rings. The largest absolute Gasteiger partial charge is 0.494 e. The van der Waals surface area contributed by atoms with E-state index in [1.165, 1.54) is 0 Å². The van der Waals surface area contributed by atoms with E-state index in [1.807, 2.05) is 24.3 Å². The lowest BCUT2D eigenvalue weighted by atomic mass is 10.2. The normalized spacial score (nSPS) is 17.2. The second-order valence-electron chi connectivity index (χ2n) is 5.52. The molecule has 0 aliphatic carbocycles. The predicted octanol–water partition coefficient (Wildman–Crippen LogP) is 2.57. The van der Waals surface area contributed by atoms with Crippen molar-refractivity contribution in [2.75, 3.05) is 31.6 Å². The van der Waals surface area contributed by atoms with Gasteiger partial charge in [0.25, 0.3) is 0 Å². The monoisotopic (exact) mass is 306 g/mol. The summed E-state index contributed by atoms with van der Waals surface area (Å²) in [7, 11) is 0. The highest BCUT2D eigenvalue weighted by Crippen LogP contribution is 2.17. The minimum atomic E-state index is -0.0206. The van der Waals surface area contributed by atoms with E-state index in [9.17, 15) is 4.79 Å². The molecule has 0 aromatic heterocycles. The fourth-order valence-corrected chi connectivity index (χ4v) is 2.31. The molecule has 1 amide bonds. The van der Waals surface area contributed by atoms with Crippen LogP contribution in [-0.4, -0.2) is 38.3 Å². The molecule has 1 unspecified atom stereocenters. The van der Waals surface area contributed by atoms with E-state index in [4.69, 9.17) is 9.47 Å². The molecule has 1 heterocycles. The number of carbonyl (C=O) groups is 1. The topological polar surface area (TPSA) is 59.6 Å². The van der Waals surface area contributed by atoms with Crippen molar-refractivity contribution in [3.8, 4) is 5.75 Å². The van der Waals surface area contributed by atoms with Crippen LogP contribution in [0.15, 0.2) is 24.3 Å². The summed E-state index contributed by atoms with van der Waals surface area (Å²) in [5.74, 6) is 0.811. The van der Waals surface area contributed by atoms with E-state index in [-0.39, 0.29) is 18.6 Å². The first kappa shape index (κ1) is 16.6. The lowest BCUT2D eigenvalue weighted by Crippen LogP contribution is -2.35. The fraction of sp³-hybridized carbons (Fsp3) is 0.588. The molecule has 1 saturated heterocycles. The molecule has 2 rings (SSSR count). The molecule has 1 aliphatic rings. The Balaban J connectivity index is 1.68. The Kier molecular flexibility index (Phi) is 7.03. The molecule has 1 aromatic carbocycles.